The predicted octanol–water partition coefficient (Wildman–Crippen LogP) is 0.458. The van der Waals surface area contributed by atoms with E-state index in [2.05, 4.69) is 36.1 Å². The Hall–Kier alpha value is -3.28. The quantitative estimate of drug-likeness (QED) is 0.661. The Morgan fingerprint density at radius 2 is 2.35 bits per heavy atom. The highest BCUT2D eigenvalue weighted by molar-refractivity contribution is 5.88. The Morgan fingerprint density at radius 3 is 3.10 bits per heavy atom. The molecule has 20 heavy (non-hydrogen) atoms. The summed E-state index contributed by atoms with van der Waals surface area (Å²) in [4.78, 5) is 1.49. The van der Waals surface area contributed by atoms with Crippen LogP contribution in [0.3, 0.4) is 0 Å². The molecular formula is C11H9N9. The van der Waals surface area contributed by atoms with Crippen LogP contribution in [0.25, 0.3) is 16.6 Å². The molecule has 3 rings (SSSR count). The van der Waals surface area contributed by atoms with Crippen LogP contribution < -0.4 is 5.32 Å². The van der Waals surface area contributed by atoms with Gasteiger partial charge in [-0.1, -0.05) is 6.07 Å². The van der Waals surface area contributed by atoms with E-state index < -0.39 is 0 Å². The van der Waals surface area contributed by atoms with E-state index in [1.54, 1.807) is 7.05 Å². The van der Waals surface area contributed by atoms with Crippen molar-refractivity contribution in [1.29, 1.82) is 5.26 Å². The van der Waals surface area contributed by atoms with Gasteiger partial charge >= 0.3 is 0 Å². The van der Waals surface area contributed by atoms with Crippen LogP contribution in [0.1, 0.15) is 5.82 Å². The number of aromatic amines is 1. The van der Waals surface area contributed by atoms with E-state index in [1.165, 1.54) is 11.0 Å². The van der Waals surface area contributed by atoms with Gasteiger partial charge in [-0.3, -0.25) is 0 Å². The van der Waals surface area contributed by atoms with Gasteiger partial charge in [-0.25, -0.2) is 0 Å². The lowest BCUT2D eigenvalue weighted by Crippen LogP contribution is -1.94. The van der Waals surface area contributed by atoms with Crippen LogP contribution in [0, 0.1) is 11.3 Å². The Kier molecular flexibility index (Phi) is 2.81. The maximum Gasteiger partial charge on any atom is 0.216 e. The summed E-state index contributed by atoms with van der Waals surface area (Å²) in [6, 6.07) is 7.56. The third kappa shape index (κ3) is 2.05. The van der Waals surface area contributed by atoms with Crippen LogP contribution in [-0.4, -0.2) is 35.6 Å². The highest BCUT2D eigenvalue weighted by Crippen LogP contribution is 2.20. The molecule has 0 spiro atoms. The van der Waals surface area contributed by atoms with Crippen molar-refractivity contribution >= 4 is 22.3 Å². The third-order valence-electron chi connectivity index (χ3n) is 2.59. The molecule has 1 aromatic carbocycles. The van der Waals surface area contributed by atoms with Gasteiger partial charge in [0, 0.05) is 13.2 Å². The molecule has 9 nitrogen and oxygen atoms in total. The fourth-order valence-corrected chi connectivity index (χ4v) is 1.73. The van der Waals surface area contributed by atoms with E-state index >= 15 is 0 Å². The van der Waals surface area contributed by atoms with Crippen molar-refractivity contribution in [3.05, 3.63) is 30.2 Å². The number of aryl methyl sites for hydroxylation is 1. The summed E-state index contributed by atoms with van der Waals surface area (Å²) in [6.07, 6.45) is 1.51. The SMILES string of the molecule is Cn1nc2cccc(NC=C(C#N)c3nn[nH]n3)c2n1. The minimum absolute atomic E-state index is 0.228. The second kappa shape index (κ2) is 4.77. The summed E-state index contributed by atoms with van der Waals surface area (Å²) < 4.78 is 0. The number of anilines is 1. The molecule has 9 heteroatoms. The summed E-state index contributed by atoms with van der Waals surface area (Å²) in [6.45, 7) is 0. The van der Waals surface area contributed by atoms with Crippen LogP contribution >= 0.6 is 0 Å². The molecule has 0 amide bonds. The molecule has 0 aliphatic heterocycles. The number of benzene rings is 1. The topological polar surface area (TPSA) is 121 Å². The standard InChI is InChI=1S/C11H9N9/c1-20-16-9-4-2-3-8(10(9)17-20)13-6-7(5-12)11-14-18-19-15-11/h2-4,6,13H,1H3,(H,14,15,18,19). The van der Waals surface area contributed by atoms with Crippen LogP contribution in [-0.2, 0) is 7.05 Å². The summed E-state index contributed by atoms with van der Waals surface area (Å²) in [5.74, 6) is 0.228. The minimum atomic E-state index is 0.228. The second-order valence-electron chi connectivity index (χ2n) is 3.91. The normalized spacial score (nSPS) is 11.5. The fraction of sp³-hybridized carbons (Fsp3) is 0.0909. The molecule has 0 unspecified atom stereocenters. The monoisotopic (exact) mass is 267 g/mol. The van der Waals surface area contributed by atoms with Crippen molar-refractivity contribution in [2.45, 2.75) is 0 Å². The van der Waals surface area contributed by atoms with Gasteiger partial charge in [-0.05, 0) is 17.3 Å². The van der Waals surface area contributed by atoms with Crippen LogP contribution in [0.2, 0.25) is 0 Å². The van der Waals surface area contributed by atoms with Crippen molar-refractivity contribution in [2.75, 3.05) is 5.32 Å². The number of nitriles is 1. The number of nitrogens with one attached hydrogen (secondary N) is 2. The van der Waals surface area contributed by atoms with Gasteiger partial charge in [0.1, 0.15) is 22.7 Å². The second-order valence-corrected chi connectivity index (χ2v) is 3.91. The van der Waals surface area contributed by atoms with E-state index in [9.17, 15) is 0 Å². The highest BCUT2D eigenvalue weighted by atomic mass is 15.5. The Bertz CT molecular complexity index is 806. The smallest absolute Gasteiger partial charge is 0.216 e. The molecule has 0 bridgehead atoms. The number of aromatic nitrogens is 7. The summed E-state index contributed by atoms with van der Waals surface area (Å²) in [5, 5.41) is 33.8. The molecule has 0 fully saturated rings. The molecule has 0 radical (unpaired) electrons. The highest BCUT2D eigenvalue weighted by Gasteiger charge is 2.08. The third-order valence-corrected chi connectivity index (χ3v) is 2.59. The first kappa shape index (κ1) is 11.8. The number of tetrazole rings is 1. The van der Waals surface area contributed by atoms with Crippen LogP contribution in [0.5, 0.6) is 0 Å². The first-order valence-electron chi connectivity index (χ1n) is 5.68. The molecule has 0 aliphatic carbocycles. The maximum atomic E-state index is 9.08. The average molecular weight is 267 g/mol. The lowest BCUT2D eigenvalue weighted by atomic mass is 10.2. The zero-order chi connectivity index (χ0) is 13.9. The number of hydrogen-bond acceptors (Lipinski definition) is 7. The average Bonchev–Trinajstić information content (AvgIpc) is 3.08. The zero-order valence-electron chi connectivity index (χ0n) is 10.4. The summed E-state index contributed by atoms with van der Waals surface area (Å²) >= 11 is 0. The van der Waals surface area contributed by atoms with E-state index in [-0.39, 0.29) is 11.4 Å². The maximum absolute atomic E-state index is 9.08. The molecule has 3 aromatic rings. The Balaban J connectivity index is 1.95. The number of hydrogen-bond donors (Lipinski definition) is 2. The Labute approximate surface area is 112 Å². The molecule has 0 saturated heterocycles. The van der Waals surface area contributed by atoms with Crippen molar-refractivity contribution < 1.29 is 0 Å². The van der Waals surface area contributed by atoms with Gasteiger partial charge in [-0.2, -0.15) is 25.5 Å². The number of nitrogens with zero attached hydrogens (tertiary/aromatic N) is 7. The molecule has 2 N–H and O–H groups in total. The van der Waals surface area contributed by atoms with E-state index in [1.807, 2.05) is 24.3 Å². The van der Waals surface area contributed by atoms with E-state index in [0.29, 0.717) is 0 Å². The number of allylic oxidation sites excluding steroid dienone is 1. The zero-order valence-corrected chi connectivity index (χ0v) is 10.4. The lowest BCUT2D eigenvalue weighted by molar-refractivity contribution is 0.665. The first-order chi connectivity index (χ1) is 9.78. The van der Waals surface area contributed by atoms with Gasteiger partial charge in [0.2, 0.25) is 5.82 Å². The summed E-state index contributed by atoms with van der Waals surface area (Å²) in [5.41, 5.74) is 2.49. The van der Waals surface area contributed by atoms with Gasteiger partial charge in [-0.15, -0.1) is 10.2 Å². The van der Waals surface area contributed by atoms with Gasteiger partial charge in [0.15, 0.2) is 0 Å². The molecule has 0 aliphatic rings. The molecule has 98 valence electrons. The predicted molar refractivity (Wildman–Crippen MR) is 69.9 cm³/mol. The van der Waals surface area contributed by atoms with Gasteiger partial charge in [0.05, 0.1) is 5.69 Å². The van der Waals surface area contributed by atoms with Crippen molar-refractivity contribution in [2.24, 2.45) is 7.05 Å². The number of H-pyrrole nitrogens is 1. The number of fused-ring (bicyclic) bond motifs is 1. The fourth-order valence-electron chi connectivity index (χ4n) is 1.73. The Morgan fingerprint density at radius 1 is 1.45 bits per heavy atom. The van der Waals surface area contributed by atoms with Gasteiger partial charge < -0.3 is 5.32 Å². The minimum Gasteiger partial charge on any atom is -0.358 e. The lowest BCUT2D eigenvalue weighted by Gasteiger charge is -2.00. The molecular weight excluding hydrogens is 258 g/mol. The van der Waals surface area contributed by atoms with Gasteiger partial charge in [0.25, 0.3) is 0 Å². The van der Waals surface area contributed by atoms with Crippen molar-refractivity contribution in [1.82, 2.24) is 35.6 Å². The van der Waals surface area contributed by atoms with E-state index in [4.69, 9.17) is 5.26 Å². The molecule has 0 saturated carbocycles. The molecule has 2 heterocycles. The van der Waals surface area contributed by atoms with E-state index in [0.717, 1.165) is 16.7 Å². The number of rotatable bonds is 3. The van der Waals surface area contributed by atoms with Crippen molar-refractivity contribution in [3.8, 4) is 6.07 Å². The van der Waals surface area contributed by atoms with Crippen LogP contribution in [0.15, 0.2) is 24.4 Å². The van der Waals surface area contributed by atoms with Crippen LogP contribution in [0.4, 0.5) is 5.69 Å². The molecule has 2 aromatic heterocycles. The first-order valence-corrected chi connectivity index (χ1v) is 5.68. The molecule has 0 atom stereocenters. The van der Waals surface area contributed by atoms with Crippen molar-refractivity contribution in [3.63, 3.8) is 0 Å². The largest absolute Gasteiger partial charge is 0.358 e. The summed E-state index contributed by atoms with van der Waals surface area (Å²) in [7, 11) is 1.75.